The third-order valence-corrected chi connectivity index (χ3v) is 4.08. The van der Waals surface area contributed by atoms with Crippen molar-refractivity contribution in [3.05, 3.63) is 24.3 Å². The predicted octanol–water partition coefficient (Wildman–Crippen LogP) is 2.93. The molecule has 1 atom stereocenters. The van der Waals surface area contributed by atoms with Crippen molar-refractivity contribution >= 4 is 35.8 Å². The highest BCUT2D eigenvalue weighted by Crippen LogP contribution is 2.25. The first-order valence-electron chi connectivity index (χ1n) is 7.02. The zero-order valence-corrected chi connectivity index (χ0v) is 14.1. The summed E-state index contributed by atoms with van der Waals surface area (Å²) in [6.45, 7) is 4.93. The zero-order chi connectivity index (χ0) is 14.4. The van der Waals surface area contributed by atoms with Crippen molar-refractivity contribution in [1.82, 2.24) is 5.32 Å². The molecule has 0 aromatic heterocycles. The third-order valence-electron chi connectivity index (χ3n) is 2.95. The van der Waals surface area contributed by atoms with E-state index in [4.69, 9.17) is 4.74 Å². The molecular formula is C15H23ClN2O2S. The summed E-state index contributed by atoms with van der Waals surface area (Å²) >= 11 is 1.90. The van der Waals surface area contributed by atoms with Crippen molar-refractivity contribution in [2.75, 3.05) is 23.4 Å². The van der Waals surface area contributed by atoms with Crippen LogP contribution in [0.15, 0.2) is 24.3 Å². The number of hydrogen-bond acceptors (Lipinski definition) is 4. The molecular weight excluding hydrogens is 308 g/mol. The maximum absolute atomic E-state index is 12.1. The fourth-order valence-electron chi connectivity index (χ4n) is 2.10. The van der Waals surface area contributed by atoms with Gasteiger partial charge in [-0.2, -0.15) is 11.8 Å². The molecule has 1 aromatic rings. The maximum atomic E-state index is 12.1. The minimum absolute atomic E-state index is 0. The molecule has 0 bridgehead atoms. The number of rotatable bonds is 5. The number of ether oxygens (including phenoxy) is 1. The SMILES string of the molecule is CC(C)Oc1ccccc1NC(=O)CC1CSCCN1.Cl. The van der Waals surface area contributed by atoms with E-state index in [9.17, 15) is 4.79 Å². The van der Waals surface area contributed by atoms with Gasteiger partial charge in [-0.05, 0) is 26.0 Å². The largest absolute Gasteiger partial charge is 0.489 e. The van der Waals surface area contributed by atoms with E-state index < -0.39 is 0 Å². The summed E-state index contributed by atoms with van der Waals surface area (Å²) in [6.07, 6.45) is 0.590. The Bertz CT molecular complexity index is 451. The normalized spacial score (nSPS) is 18.0. The Kier molecular flexibility index (Phi) is 7.93. The summed E-state index contributed by atoms with van der Waals surface area (Å²) in [4.78, 5) is 12.1. The van der Waals surface area contributed by atoms with E-state index in [0.717, 1.165) is 29.5 Å². The van der Waals surface area contributed by atoms with Crippen molar-refractivity contribution in [2.24, 2.45) is 0 Å². The van der Waals surface area contributed by atoms with Gasteiger partial charge in [0.1, 0.15) is 5.75 Å². The lowest BCUT2D eigenvalue weighted by Crippen LogP contribution is -2.39. The second-order valence-corrected chi connectivity index (χ2v) is 6.29. The smallest absolute Gasteiger partial charge is 0.226 e. The molecule has 0 saturated carbocycles. The molecule has 1 aliphatic heterocycles. The van der Waals surface area contributed by atoms with Crippen molar-refractivity contribution in [2.45, 2.75) is 32.4 Å². The summed E-state index contributed by atoms with van der Waals surface area (Å²) in [5.41, 5.74) is 0.745. The van der Waals surface area contributed by atoms with Crippen molar-refractivity contribution in [1.29, 1.82) is 0 Å². The molecule has 2 rings (SSSR count). The van der Waals surface area contributed by atoms with Crippen LogP contribution < -0.4 is 15.4 Å². The fourth-order valence-corrected chi connectivity index (χ4v) is 3.05. The van der Waals surface area contributed by atoms with Gasteiger partial charge in [0, 0.05) is 30.5 Å². The van der Waals surface area contributed by atoms with Gasteiger partial charge in [0.2, 0.25) is 5.91 Å². The zero-order valence-electron chi connectivity index (χ0n) is 12.4. The molecule has 21 heavy (non-hydrogen) atoms. The average molecular weight is 331 g/mol. The first-order chi connectivity index (χ1) is 9.65. The standard InChI is InChI=1S/C15H22N2O2S.ClH/c1-11(2)19-14-6-4-3-5-13(14)17-15(18)9-12-10-20-8-7-16-12;/h3-6,11-12,16H,7-10H2,1-2H3,(H,17,18);1H. The van der Waals surface area contributed by atoms with E-state index >= 15 is 0 Å². The van der Waals surface area contributed by atoms with Gasteiger partial charge >= 0.3 is 0 Å². The van der Waals surface area contributed by atoms with Gasteiger partial charge in [-0.1, -0.05) is 12.1 Å². The van der Waals surface area contributed by atoms with Crippen LogP contribution in [-0.2, 0) is 4.79 Å². The molecule has 0 aliphatic carbocycles. The van der Waals surface area contributed by atoms with Crippen LogP contribution in [-0.4, -0.2) is 36.1 Å². The molecule has 0 radical (unpaired) electrons. The Hall–Kier alpha value is -0.910. The maximum Gasteiger partial charge on any atom is 0.226 e. The molecule has 1 fully saturated rings. The molecule has 1 saturated heterocycles. The van der Waals surface area contributed by atoms with Crippen molar-refractivity contribution < 1.29 is 9.53 Å². The molecule has 118 valence electrons. The van der Waals surface area contributed by atoms with E-state index in [1.54, 1.807) is 0 Å². The summed E-state index contributed by atoms with van der Waals surface area (Å²) in [5.74, 6) is 2.88. The number of carbonyl (C=O) groups excluding carboxylic acids is 1. The van der Waals surface area contributed by atoms with E-state index in [1.807, 2.05) is 49.9 Å². The molecule has 6 heteroatoms. The summed E-state index contributed by atoms with van der Waals surface area (Å²) < 4.78 is 5.70. The number of amides is 1. The number of hydrogen-bond donors (Lipinski definition) is 2. The van der Waals surface area contributed by atoms with Gasteiger partial charge in [-0.3, -0.25) is 4.79 Å². The number of benzene rings is 1. The minimum atomic E-state index is 0. The first kappa shape index (κ1) is 18.1. The Morgan fingerprint density at radius 3 is 2.90 bits per heavy atom. The Labute approximate surface area is 136 Å². The fraction of sp³-hybridized carbons (Fsp3) is 0.533. The van der Waals surface area contributed by atoms with Crippen molar-refractivity contribution in [3.63, 3.8) is 0 Å². The monoisotopic (exact) mass is 330 g/mol. The number of halogens is 1. The molecule has 1 aromatic carbocycles. The summed E-state index contributed by atoms with van der Waals surface area (Å²) in [7, 11) is 0. The van der Waals surface area contributed by atoms with Gasteiger partial charge in [-0.25, -0.2) is 0 Å². The summed E-state index contributed by atoms with van der Waals surface area (Å²) in [6, 6.07) is 7.83. The van der Waals surface area contributed by atoms with Gasteiger partial charge in [-0.15, -0.1) is 12.4 Å². The molecule has 0 spiro atoms. The van der Waals surface area contributed by atoms with Crippen LogP contribution >= 0.6 is 24.2 Å². The number of carbonyl (C=O) groups is 1. The lowest BCUT2D eigenvalue weighted by Gasteiger charge is -2.22. The van der Waals surface area contributed by atoms with Crippen LogP contribution in [0.1, 0.15) is 20.3 Å². The van der Waals surface area contributed by atoms with Gasteiger partial charge in [0.05, 0.1) is 11.8 Å². The van der Waals surface area contributed by atoms with E-state index in [-0.39, 0.29) is 30.5 Å². The highest BCUT2D eigenvalue weighted by molar-refractivity contribution is 7.99. The second kappa shape index (κ2) is 9.18. The lowest BCUT2D eigenvalue weighted by atomic mass is 10.2. The Morgan fingerprint density at radius 1 is 1.48 bits per heavy atom. The molecule has 1 unspecified atom stereocenters. The highest BCUT2D eigenvalue weighted by Gasteiger charge is 2.17. The molecule has 1 heterocycles. The molecule has 2 N–H and O–H groups in total. The number of para-hydroxylation sites is 2. The lowest BCUT2D eigenvalue weighted by molar-refractivity contribution is -0.116. The summed E-state index contributed by atoms with van der Waals surface area (Å²) in [5, 5.41) is 6.32. The number of nitrogens with one attached hydrogen (secondary N) is 2. The Morgan fingerprint density at radius 2 is 2.24 bits per heavy atom. The number of thioether (sulfide) groups is 1. The predicted molar refractivity (Wildman–Crippen MR) is 91.8 cm³/mol. The van der Waals surface area contributed by atoms with Crippen LogP contribution in [0.5, 0.6) is 5.75 Å². The van der Waals surface area contributed by atoms with Crippen LogP contribution in [0.2, 0.25) is 0 Å². The van der Waals surface area contributed by atoms with Gasteiger partial charge in [0.25, 0.3) is 0 Å². The van der Waals surface area contributed by atoms with Crippen LogP contribution in [0.3, 0.4) is 0 Å². The van der Waals surface area contributed by atoms with Gasteiger partial charge < -0.3 is 15.4 Å². The average Bonchev–Trinajstić information content (AvgIpc) is 2.41. The van der Waals surface area contributed by atoms with Crippen LogP contribution in [0, 0.1) is 0 Å². The Balaban J connectivity index is 0.00000220. The highest BCUT2D eigenvalue weighted by atomic mass is 35.5. The van der Waals surface area contributed by atoms with E-state index in [1.165, 1.54) is 0 Å². The topological polar surface area (TPSA) is 50.4 Å². The molecule has 1 amide bonds. The van der Waals surface area contributed by atoms with Crippen molar-refractivity contribution in [3.8, 4) is 5.75 Å². The number of anilines is 1. The minimum Gasteiger partial charge on any atom is -0.489 e. The van der Waals surface area contributed by atoms with Gasteiger partial charge in [0.15, 0.2) is 0 Å². The first-order valence-corrected chi connectivity index (χ1v) is 8.17. The van der Waals surface area contributed by atoms with E-state index in [2.05, 4.69) is 10.6 Å². The van der Waals surface area contributed by atoms with E-state index in [0.29, 0.717) is 6.42 Å². The molecule has 4 nitrogen and oxygen atoms in total. The van der Waals surface area contributed by atoms with Crippen LogP contribution in [0.4, 0.5) is 5.69 Å². The third kappa shape index (κ3) is 6.16. The second-order valence-electron chi connectivity index (χ2n) is 5.14. The molecule has 1 aliphatic rings. The van der Waals surface area contributed by atoms with Crippen LogP contribution in [0.25, 0.3) is 0 Å². The quantitative estimate of drug-likeness (QED) is 0.871.